The van der Waals surface area contributed by atoms with E-state index in [1.54, 1.807) is 7.11 Å². The van der Waals surface area contributed by atoms with E-state index in [0.717, 1.165) is 49.5 Å². The number of benzene rings is 1. The molecule has 0 amide bonds. The summed E-state index contributed by atoms with van der Waals surface area (Å²) in [6.45, 7) is 12.5. The van der Waals surface area contributed by atoms with Gasteiger partial charge < -0.3 is 9.64 Å². The highest BCUT2D eigenvalue weighted by Gasteiger charge is 2.24. The van der Waals surface area contributed by atoms with E-state index in [9.17, 15) is 0 Å². The predicted molar refractivity (Wildman–Crippen MR) is 102 cm³/mol. The van der Waals surface area contributed by atoms with Crippen LogP contribution in [0.15, 0.2) is 47.6 Å². The minimum absolute atomic E-state index is 0.435. The molecule has 2 rings (SSSR count). The van der Waals surface area contributed by atoms with E-state index >= 15 is 0 Å². The van der Waals surface area contributed by atoms with Gasteiger partial charge in [0, 0.05) is 25.2 Å². The zero-order valence-electron chi connectivity index (χ0n) is 15.5. The van der Waals surface area contributed by atoms with Crippen molar-refractivity contribution >= 4 is 5.84 Å². The maximum atomic E-state index is 5.35. The largest absolute Gasteiger partial charge is 0.497 e. The fourth-order valence-corrected chi connectivity index (χ4v) is 2.99. The highest BCUT2D eigenvalue weighted by Crippen LogP contribution is 2.28. The van der Waals surface area contributed by atoms with Crippen molar-refractivity contribution in [3.05, 3.63) is 53.8 Å². The van der Waals surface area contributed by atoms with E-state index in [-0.39, 0.29) is 0 Å². The lowest BCUT2D eigenvalue weighted by atomic mass is 10.1. The number of hydrogen-bond donors (Lipinski definition) is 0. The molecule has 0 fully saturated rings. The Morgan fingerprint density at radius 2 is 2.08 bits per heavy atom. The zero-order valence-corrected chi connectivity index (χ0v) is 15.5. The van der Waals surface area contributed by atoms with Gasteiger partial charge in [-0.15, -0.1) is 0 Å². The van der Waals surface area contributed by atoms with Crippen LogP contribution >= 0.6 is 0 Å². The van der Waals surface area contributed by atoms with Crippen molar-refractivity contribution in [3.63, 3.8) is 0 Å². The summed E-state index contributed by atoms with van der Waals surface area (Å²) >= 11 is 0. The third kappa shape index (κ3) is 4.50. The summed E-state index contributed by atoms with van der Waals surface area (Å²) in [5.74, 6) is 2.52. The Labute approximate surface area is 146 Å². The van der Waals surface area contributed by atoms with E-state index in [4.69, 9.17) is 9.73 Å². The summed E-state index contributed by atoms with van der Waals surface area (Å²) in [6, 6.07) is 6.35. The Bertz CT molecular complexity index is 631. The molecule has 0 saturated heterocycles. The first-order valence-electron chi connectivity index (χ1n) is 8.91. The van der Waals surface area contributed by atoms with Gasteiger partial charge >= 0.3 is 0 Å². The molecule has 3 heteroatoms. The van der Waals surface area contributed by atoms with E-state index in [2.05, 4.69) is 44.4 Å². The number of nitrogens with zero attached hydrogens (tertiary/aromatic N) is 2. The molecular weight excluding hydrogens is 296 g/mol. The van der Waals surface area contributed by atoms with E-state index in [1.807, 2.05) is 18.3 Å². The molecule has 1 aliphatic heterocycles. The predicted octanol–water partition coefficient (Wildman–Crippen LogP) is 5.33. The van der Waals surface area contributed by atoms with Gasteiger partial charge in [0.1, 0.15) is 11.6 Å². The van der Waals surface area contributed by atoms with Gasteiger partial charge in [0.15, 0.2) is 0 Å². The highest BCUT2D eigenvalue weighted by atomic mass is 16.5. The third-order valence-corrected chi connectivity index (χ3v) is 4.60. The quantitative estimate of drug-likeness (QED) is 0.384. The average Bonchev–Trinajstić information content (AvgIpc) is 3.00. The number of allylic oxidation sites excluding steroid dienone is 2. The first-order valence-corrected chi connectivity index (χ1v) is 8.91. The number of methoxy groups -OCH3 is 1. The van der Waals surface area contributed by atoms with Crippen molar-refractivity contribution in [2.45, 2.75) is 53.1 Å². The van der Waals surface area contributed by atoms with Gasteiger partial charge in [0.05, 0.1) is 7.11 Å². The minimum atomic E-state index is 0.435. The first kappa shape index (κ1) is 18.3. The van der Waals surface area contributed by atoms with Crippen LogP contribution in [0.3, 0.4) is 0 Å². The first-order chi connectivity index (χ1) is 11.6. The fraction of sp³-hybridized carbons (Fsp3) is 0.476. The van der Waals surface area contributed by atoms with E-state index < -0.39 is 0 Å². The molecule has 0 bridgehead atoms. The molecule has 130 valence electrons. The van der Waals surface area contributed by atoms with Crippen LogP contribution in [-0.4, -0.2) is 17.8 Å². The molecule has 1 unspecified atom stereocenters. The lowest BCUT2D eigenvalue weighted by Crippen LogP contribution is -2.30. The maximum absolute atomic E-state index is 5.35. The standard InChI is InChI=1S/C21H30N2O/c1-6-8-16(3)11-12-22-21(17(4)7-2)23-14-18-9-10-20(24-5)13-19(18)15-23/h9-13,17H,3,6-8,14-15H2,1-2,4-5H3/b12-11-,22-21?. The minimum Gasteiger partial charge on any atom is -0.497 e. The van der Waals surface area contributed by atoms with Gasteiger partial charge in [0.2, 0.25) is 0 Å². The normalized spacial score (nSPS) is 15.7. The van der Waals surface area contributed by atoms with Gasteiger partial charge in [-0.1, -0.05) is 45.4 Å². The summed E-state index contributed by atoms with van der Waals surface area (Å²) in [4.78, 5) is 7.17. The molecule has 1 aromatic rings. The summed E-state index contributed by atoms with van der Waals surface area (Å²) < 4.78 is 5.35. The molecule has 0 spiro atoms. The van der Waals surface area contributed by atoms with E-state index in [0.29, 0.717) is 5.92 Å². The van der Waals surface area contributed by atoms with Crippen LogP contribution < -0.4 is 4.74 Å². The van der Waals surface area contributed by atoms with Gasteiger partial charge in [-0.2, -0.15) is 0 Å². The molecule has 0 aromatic heterocycles. The zero-order chi connectivity index (χ0) is 17.5. The SMILES string of the molecule is C=C(/C=C\N=C(C(C)CC)N1Cc2ccc(OC)cc2C1)CCC. The monoisotopic (exact) mass is 326 g/mol. The second-order valence-corrected chi connectivity index (χ2v) is 6.51. The number of aliphatic imine (C=N–C) groups is 1. The van der Waals surface area contributed by atoms with E-state index in [1.165, 1.54) is 11.1 Å². The molecule has 0 radical (unpaired) electrons. The summed E-state index contributed by atoms with van der Waals surface area (Å²) in [5, 5.41) is 0. The maximum Gasteiger partial charge on any atom is 0.119 e. The van der Waals surface area contributed by atoms with Crippen LogP contribution in [0.25, 0.3) is 0 Å². The molecule has 0 N–H and O–H groups in total. The summed E-state index contributed by atoms with van der Waals surface area (Å²) in [7, 11) is 1.72. The van der Waals surface area contributed by atoms with Crippen molar-refractivity contribution in [3.8, 4) is 5.75 Å². The van der Waals surface area contributed by atoms with Crippen LogP contribution in [0, 0.1) is 5.92 Å². The van der Waals surface area contributed by atoms with Crippen molar-refractivity contribution in [1.29, 1.82) is 0 Å². The van der Waals surface area contributed by atoms with Crippen LogP contribution in [0.5, 0.6) is 5.75 Å². The molecule has 1 aromatic carbocycles. The van der Waals surface area contributed by atoms with Crippen molar-refractivity contribution < 1.29 is 4.74 Å². The highest BCUT2D eigenvalue weighted by molar-refractivity contribution is 5.85. The molecule has 1 aliphatic rings. The molecule has 3 nitrogen and oxygen atoms in total. The Morgan fingerprint density at radius 3 is 2.75 bits per heavy atom. The molecule has 1 heterocycles. The number of ether oxygens (including phenoxy) is 1. The van der Waals surface area contributed by atoms with Gasteiger partial charge in [-0.05, 0) is 42.2 Å². The molecule has 0 aliphatic carbocycles. The second kappa shape index (κ2) is 8.72. The smallest absolute Gasteiger partial charge is 0.119 e. The number of hydrogen-bond acceptors (Lipinski definition) is 2. The molecule has 1 atom stereocenters. The molecule has 0 saturated carbocycles. The Hall–Kier alpha value is -2.03. The van der Waals surface area contributed by atoms with Crippen molar-refractivity contribution in [1.82, 2.24) is 4.90 Å². The van der Waals surface area contributed by atoms with Gasteiger partial charge in [-0.3, -0.25) is 0 Å². The van der Waals surface area contributed by atoms with Crippen LogP contribution in [0.1, 0.15) is 51.2 Å². The van der Waals surface area contributed by atoms with Crippen molar-refractivity contribution in [2.24, 2.45) is 10.9 Å². The van der Waals surface area contributed by atoms with Gasteiger partial charge in [0.25, 0.3) is 0 Å². The van der Waals surface area contributed by atoms with Crippen molar-refractivity contribution in [2.75, 3.05) is 7.11 Å². The number of rotatable bonds is 7. The lowest BCUT2D eigenvalue weighted by molar-refractivity contribution is 0.410. The topological polar surface area (TPSA) is 24.8 Å². The lowest BCUT2D eigenvalue weighted by Gasteiger charge is -2.24. The molecule has 24 heavy (non-hydrogen) atoms. The Kier molecular flexibility index (Phi) is 6.65. The van der Waals surface area contributed by atoms with Gasteiger partial charge in [-0.25, -0.2) is 4.99 Å². The van der Waals surface area contributed by atoms with Crippen LogP contribution in [0.4, 0.5) is 0 Å². The fourth-order valence-electron chi connectivity index (χ4n) is 2.99. The summed E-state index contributed by atoms with van der Waals surface area (Å²) in [5.41, 5.74) is 3.84. The third-order valence-electron chi connectivity index (χ3n) is 4.60. The average molecular weight is 326 g/mol. The van der Waals surface area contributed by atoms with Crippen LogP contribution in [-0.2, 0) is 13.1 Å². The Balaban J connectivity index is 2.16. The van der Waals surface area contributed by atoms with Crippen LogP contribution in [0.2, 0.25) is 0 Å². The Morgan fingerprint density at radius 1 is 1.33 bits per heavy atom. The number of fused-ring (bicyclic) bond motifs is 1. The summed E-state index contributed by atoms with van der Waals surface area (Å²) in [6.07, 6.45) is 7.19. The second-order valence-electron chi connectivity index (χ2n) is 6.51. The molecular formula is C21H30N2O. The number of amidine groups is 1.